The van der Waals surface area contributed by atoms with Crippen LogP contribution in [0.25, 0.3) is 0 Å². The zero-order valence-corrected chi connectivity index (χ0v) is 14.0. The van der Waals surface area contributed by atoms with E-state index in [1.807, 2.05) is 41.9 Å². The van der Waals surface area contributed by atoms with Crippen molar-refractivity contribution < 1.29 is 9.90 Å². The van der Waals surface area contributed by atoms with Crippen LogP contribution in [-0.2, 0) is 5.60 Å². The summed E-state index contributed by atoms with van der Waals surface area (Å²) in [6, 6.07) is 8.68. The lowest BCUT2D eigenvalue weighted by Crippen LogP contribution is -2.44. The molecule has 3 N–H and O–H groups in total. The first kappa shape index (κ1) is 16.8. The van der Waals surface area contributed by atoms with Gasteiger partial charge in [0.1, 0.15) is 5.60 Å². The summed E-state index contributed by atoms with van der Waals surface area (Å²) in [7, 11) is 0. The van der Waals surface area contributed by atoms with E-state index in [2.05, 4.69) is 10.6 Å². The topological polar surface area (TPSA) is 61.4 Å². The maximum Gasteiger partial charge on any atom is 0.315 e. The minimum absolute atomic E-state index is 0.137. The molecule has 118 valence electrons. The van der Waals surface area contributed by atoms with Gasteiger partial charge in [0, 0.05) is 5.02 Å². The van der Waals surface area contributed by atoms with Crippen LogP contribution >= 0.6 is 22.9 Å². The molecule has 1 aromatic carbocycles. The second-order valence-corrected chi connectivity index (χ2v) is 6.61. The number of rotatable bonds is 5. The van der Waals surface area contributed by atoms with Crippen molar-refractivity contribution in [3.05, 3.63) is 57.2 Å². The summed E-state index contributed by atoms with van der Waals surface area (Å²) in [5, 5.41) is 20.3. The van der Waals surface area contributed by atoms with Crippen LogP contribution in [0.5, 0.6) is 0 Å². The van der Waals surface area contributed by atoms with E-state index in [1.54, 1.807) is 13.0 Å². The largest absolute Gasteiger partial charge is 0.384 e. The smallest absolute Gasteiger partial charge is 0.315 e. The summed E-state index contributed by atoms with van der Waals surface area (Å²) in [6.07, 6.45) is 0. The van der Waals surface area contributed by atoms with Crippen LogP contribution in [0.4, 0.5) is 4.79 Å². The van der Waals surface area contributed by atoms with Crippen LogP contribution in [0.15, 0.2) is 41.1 Å². The second-order valence-electron chi connectivity index (χ2n) is 5.39. The summed E-state index contributed by atoms with van der Waals surface area (Å²) < 4.78 is 0. The van der Waals surface area contributed by atoms with E-state index < -0.39 is 5.60 Å². The van der Waals surface area contributed by atoms with Crippen molar-refractivity contribution in [3.8, 4) is 0 Å². The SMILES string of the molecule is CC(NC(=O)NCC(C)(O)c1ccsc1)c1cccc(Cl)c1. The second kappa shape index (κ2) is 7.13. The molecule has 2 amide bonds. The lowest BCUT2D eigenvalue weighted by atomic mass is 9.99. The molecule has 0 saturated carbocycles. The van der Waals surface area contributed by atoms with Crippen molar-refractivity contribution in [1.29, 1.82) is 0 Å². The van der Waals surface area contributed by atoms with Crippen molar-refractivity contribution in [2.24, 2.45) is 0 Å². The Morgan fingerprint density at radius 1 is 1.45 bits per heavy atom. The van der Waals surface area contributed by atoms with E-state index in [0.29, 0.717) is 5.02 Å². The van der Waals surface area contributed by atoms with Crippen LogP contribution in [-0.4, -0.2) is 17.7 Å². The number of nitrogens with one attached hydrogen (secondary N) is 2. The predicted octanol–water partition coefficient (Wildman–Crippen LogP) is 3.67. The Morgan fingerprint density at radius 3 is 2.86 bits per heavy atom. The van der Waals surface area contributed by atoms with Gasteiger partial charge in [-0.1, -0.05) is 23.7 Å². The molecule has 0 aliphatic carbocycles. The van der Waals surface area contributed by atoms with Gasteiger partial charge >= 0.3 is 6.03 Å². The molecule has 0 bridgehead atoms. The highest BCUT2D eigenvalue weighted by molar-refractivity contribution is 7.08. The average Bonchev–Trinajstić information content (AvgIpc) is 3.00. The fourth-order valence-corrected chi connectivity index (χ4v) is 3.01. The quantitative estimate of drug-likeness (QED) is 0.779. The van der Waals surface area contributed by atoms with E-state index in [4.69, 9.17) is 11.6 Å². The Morgan fingerprint density at radius 2 is 2.23 bits per heavy atom. The third-order valence-electron chi connectivity index (χ3n) is 3.43. The number of hydrogen-bond donors (Lipinski definition) is 3. The molecular formula is C16H19ClN2O2S. The molecule has 2 rings (SSSR count). The highest BCUT2D eigenvalue weighted by Crippen LogP contribution is 2.22. The average molecular weight is 339 g/mol. The number of carbonyl (C=O) groups is 1. The van der Waals surface area contributed by atoms with Crippen LogP contribution in [0, 0.1) is 0 Å². The van der Waals surface area contributed by atoms with Crippen molar-refractivity contribution in [2.45, 2.75) is 25.5 Å². The molecule has 4 nitrogen and oxygen atoms in total. The molecule has 2 atom stereocenters. The minimum atomic E-state index is -1.09. The van der Waals surface area contributed by atoms with E-state index in [0.717, 1.165) is 11.1 Å². The van der Waals surface area contributed by atoms with Gasteiger partial charge in [-0.05, 0) is 53.9 Å². The van der Waals surface area contributed by atoms with Crippen molar-refractivity contribution in [2.75, 3.05) is 6.54 Å². The van der Waals surface area contributed by atoms with E-state index in [-0.39, 0.29) is 18.6 Å². The van der Waals surface area contributed by atoms with Gasteiger partial charge in [0.15, 0.2) is 0 Å². The number of hydrogen-bond acceptors (Lipinski definition) is 3. The van der Waals surface area contributed by atoms with Gasteiger partial charge in [0.05, 0.1) is 12.6 Å². The van der Waals surface area contributed by atoms with Gasteiger partial charge in [0.2, 0.25) is 0 Å². The fourth-order valence-electron chi connectivity index (χ4n) is 2.03. The summed E-state index contributed by atoms with van der Waals surface area (Å²) >= 11 is 7.45. The summed E-state index contributed by atoms with van der Waals surface area (Å²) in [5.41, 5.74) is 0.629. The molecule has 0 aliphatic rings. The summed E-state index contributed by atoms with van der Waals surface area (Å²) in [6.45, 7) is 3.69. The standard InChI is InChI=1S/C16H19ClN2O2S/c1-11(12-4-3-5-14(17)8-12)19-15(20)18-10-16(2,21)13-6-7-22-9-13/h3-9,11,21H,10H2,1-2H3,(H2,18,19,20). The Bertz CT molecular complexity index is 629. The lowest BCUT2D eigenvalue weighted by molar-refractivity contribution is 0.0597. The normalized spacial score (nSPS) is 14.9. The Balaban J connectivity index is 1.88. The number of amides is 2. The van der Waals surface area contributed by atoms with Crippen molar-refractivity contribution >= 4 is 29.0 Å². The predicted molar refractivity (Wildman–Crippen MR) is 90.3 cm³/mol. The third kappa shape index (κ3) is 4.47. The number of carbonyl (C=O) groups excluding carboxylic acids is 1. The number of urea groups is 1. The van der Waals surface area contributed by atoms with Gasteiger partial charge in [-0.25, -0.2) is 4.79 Å². The maximum atomic E-state index is 12.0. The molecule has 1 aromatic heterocycles. The van der Waals surface area contributed by atoms with Crippen molar-refractivity contribution in [3.63, 3.8) is 0 Å². The first-order chi connectivity index (χ1) is 10.4. The van der Waals surface area contributed by atoms with E-state index in [1.165, 1.54) is 11.3 Å². The van der Waals surface area contributed by atoms with Crippen LogP contribution in [0.2, 0.25) is 5.02 Å². The number of benzene rings is 1. The zero-order chi connectivity index (χ0) is 16.2. The molecular weight excluding hydrogens is 320 g/mol. The van der Waals surface area contributed by atoms with Crippen LogP contribution in [0.1, 0.15) is 31.0 Å². The Kier molecular flexibility index (Phi) is 5.45. The number of thiophene rings is 1. The van der Waals surface area contributed by atoms with E-state index >= 15 is 0 Å². The van der Waals surface area contributed by atoms with Gasteiger partial charge in [-0.3, -0.25) is 0 Å². The molecule has 2 aromatic rings. The molecule has 6 heteroatoms. The Hall–Kier alpha value is -1.56. The van der Waals surface area contributed by atoms with Gasteiger partial charge in [-0.15, -0.1) is 0 Å². The highest BCUT2D eigenvalue weighted by Gasteiger charge is 2.24. The first-order valence-corrected chi connectivity index (χ1v) is 8.25. The maximum absolute atomic E-state index is 12.0. The van der Waals surface area contributed by atoms with Gasteiger partial charge in [-0.2, -0.15) is 11.3 Å². The van der Waals surface area contributed by atoms with Crippen LogP contribution < -0.4 is 10.6 Å². The molecule has 0 aliphatic heterocycles. The molecule has 0 saturated heterocycles. The molecule has 0 spiro atoms. The molecule has 0 radical (unpaired) electrons. The molecule has 2 unspecified atom stereocenters. The molecule has 22 heavy (non-hydrogen) atoms. The van der Waals surface area contributed by atoms with E-state index in [9.17, 15) is 9.90 Å². The molecule has 0 fully saturated rings. The monoisotopic (exact) mass is 338 g/mol. The highest BCUT2D eigenvalue weighted by atomic mass is 35.5. The van der Waals surface area contributed by atoms with Crippen LogP contribution in [0.3, 0.4) is 0 Å². The van der Waals surface area contributed by atoms with Gasteiger partial charge < -0.3 is 15.7 Å². The fraction of sp³-hybridized carbons (Fsp3) is 0.312. The van der Waals surface area contributed by atoms with Gasteiger partial charge in [0.25, 0.3) is 0 Å². The number of aliphatic hydroxyl groups is 1. The first-order valence-electron chi connectivity index (χ1n) is 6.93. The third-order valence-corrected chi connectivity index (χ3v) is 4.35. The van der Waals surface area contributed by atoms with Crippen molar-refractivity contribution in [1.82, 2.24) is 10.6 Å². The lowest BCUT2D eigenvalue weighted by Gasteiger charge is -2.23. The number of halogens is 1. The molecule has 1 heterocycles. The Labute approximate surface area is 139 Å². The summed E-state index contributed by atoms with van der Waals surface area (Å²) in [4.78, 5) is 12.0. The minimum Gasteiger partial charge on any atom is -0.384 e. The zero-order valence-electron chi connectivity index (χ0n) is 12.5. The summed E-state index contributed by atoms with van der Waals surface area (Å²) in [5.74, 6) is 0.